The molecule has 0 atom stereocenters. The van der Waals surface area contributed by atoms with Gasteiger partial charge in [0.25, 0.3) is 0 Å². The highest BCUT2D eigenvalue weighted by atomic mass is 35.5. The number of nitrogens with one attached hydrogen (secondary N) is 2. The van der Waals surface area contributed by atoms with Crippen molar-refractivity contribution in [2.75, 3.05) is 23.7 Å². The SMILES string of the molecule is NCC1CCC(Nc2cc(-c3cccc(NCC4=CC=C(F)CC4)n3)c(Cl)cn2)CC1. The minimum Gasteiger partial charge on any atom is -0.367 e. The first-order valence-corrected chi connectivity index (χ1v) is 11.4. The van der Waals surface area contributed by atoms with Crippen molar-refractivity contribution in [2.24, 2.45) is 11.7 Å². The molecule has 2 aromatic heterocycles. The zero-order valence-electron chi connectivity index (χ0n) is 17.6. The summed E-state index contributed by atoms with van der Waals surface area (Å²) in [6.45, 7) is 1.42. The van der Waals surface area contributed by atoms with Crippen LogP contribution < -0.4 is 16.4 Å². The third kappa shape index (κ3) is 5.83. The monoisotopic (exact) mass is 441 g/mol. The van der Waals surface area contributed by atoms with E-state index in [1.165, 1.54) is 6.08 Å². The van der Waals surface area contributed by atoms with Crippen LogP contribution in [-0.2, 0) is 0 Å². The van der Waals surface area contributed by atoms with Crippen molar-refractivity contribution < 1.29 is 4.39 Å². The van der Waals surface area contributed by atoms with Crippen LogP contribution in [0.5, 0.6) is 0 Å². The van der Waals surface area contributed by atoms with E-state index in [0.29, 0.717) is 29.9 Å². The van der Waals surface area contributed by atoms with Gasteiger partial charge in [-0.1, -0.05) is 29.3 Å². The van der Waals surface area contributed by atoms with Gasteiger partial charge in [0.2, 0.25) is 0 Å². The van der Waals surface area contributed by atoms with Crippen LogP contribution in [0.25, 0.3) is 11.3 Å². The molecule has 0 radical (unpaired) electrons. The van der Waals surface area contributed by atoms with E-state index in [-0.39, 0.29) is 5.83 Å². The highest BCUT2D eigenvalue weighted by Gasteiger charge is 2.20. The second-order valence-corrected chi connectivity index (χ2v) is 8.75. The topological polar surface area (TPSA) is 75.9 Å². The first-order chi connectivity index (χ1) is 15.1. The minimum atomic E-state index is -0.0620. The lowest BCUT2D eigenvalue weighted by molar-refractivity contribution is 0.344. The van der Waals surface area contributed by atoms with E-state index >= 15 is 0 Å². The Hall–Kier alpha value is -2.44. The number of anilines is 2. The van der Waals surface area contributed by atoms with Crippen molar-refractivity contribution in [2.45, 2.75) is 44.6 Å². The van der Waals surface area contributed by atoms with Crippen LogP contribution in [0.4, 0.5) is 16.0 Å². The van der Waals surface area contributed by atoms with Gasteiger partial charge in [-0.2, -0.15) is 0 Å². The molecule has 31 heavy (non-hydrogen) atoms. The zero-order valence-corrected chi connectivity index (χ0v) is 18.3. The molecule has 0 bridgehead atoms. The summed E-state index contributed by atoms with van der Waals surface area (Å²) >= 11 is 6.46. The molecule has 7 heteroatoms. The van der Waals surface area contributed by atoms with Gasteiger partial charge < -0.3 is 16.4 Å². The standard InChI is InChI=1S/C24H29ClFN5/c25-21-15-29-24(30-19-10-6-16(13-27)7-11-19)12-20(21)22-2-1-3-23(31-22)28-14-17-4-8-18(26)9-5-17/h1-4,8,12,15-16,19H,5-7,9-11,13-14,27H2,(H,28,31)(H,29,30). The molecule has 0 unspecified atom stereocenters. The molecule has 0 saturated heterocycles. The average molecular weight is 442 g/mol. The summed E-state index contributed by atoms with van der Waals surface area (Å²) in [5.74, 6) is 2.16. The predicted octanol–water partition coefficient (Wildman–Crippen LogP) is 5.71. The van der Waals surface area contributed by atoms with Crippen molar-refractivity contribution in [3.8, 4) is 11.3 Å². The maximum Gasteiger partial charge on any atom is 0.126 e. The van der Waals surface area contributed by atoms with Gasteiger partial charge in [0.05, 0.1) is 10.7 Å². The summed E-state index contributed by atoms with van der Waals surface area (Å²) < 4.78 is 13.2. The lowest BCUT2D eigenvalue weighted by atomic mass is 9.86. The van der Waals surface area contributed by atoms with Gasteiger partial charge in [0.1, 0.15) is 17.5 Å². The lowest BCUT2D eigenvalue weighted by Gasteiger charge is -2.28. The van der Waals surface area contributed by atoms with Crippen LogP contribution in [0.15, 0.2) is 54.0 Å². The zero-order chi connectivity index (χ0) is 21.6. The van der Waals surface area contributed by atoms with Crippen molar-refractivity contribution in [1.82, 2.24) is 9.97 Å². The Morgan fingerprint density at radius 3 is 2.68 bits per heavy atom. The maximum atomic E-state index is 13.2. The lowest BCUT2D eigenvalue weighted by Crippen LogP contribution is -2.29. The van der Waals surface area contributed by atoms with E-state index in [9.17, 15) is 4.39 Å². The van der Waals surface area contributed by atoms with E-state index in [0.717, 1.165) is 67.1 Å². The van der Waals surface area contributed by atoms with Gasteiger partial charge in [0.15, 0.2) is 0 Å². The van der Waals surface area contributed by atoms with Gasteiger partial charge in [-0.15, -0.1) is 0 Å². The number of pyridine rings is 2. The number of hydrogen-bond acceptors (Lipinski definition) is 5. The molecule has 0 aliphatic heterocycles. The fraction of sp³-hybridized carbons (Fsp3) is 0.417. The van der Waals surface area contributed by atoms with Crippen LogP contribution >= 0.6 is 11.6 Å². The molecule has 2 aliphatic rings. The van der Waals surface area contributed by atoms with Crippen LogP contribution in [0.3, 0.4) is 0 Å². The maximum absolute atomic E-state index is 13.2. The molecule has 4 rings (SSSR count). The number of allylic oxidation sites excluding steroid dienone is 3. The summed E-state index contributed by atoms with van der Waals surface area (Å²) in [5, 5.41) is 7.45. The first-order valence-electron chi connectivity index (χ1n) is 11.0. The number of nitrogens with zero attached hydrogens (tertiary/aromatic N) is 2. The average Bonchev–Trinajstić information content (AvgIpc) is 2.81. The molecular weight excluding hydrogens is 413 g/mol. The van der Waals surface area contributed by atoms with Gasteiger partial charge in [-0.05, 0) is 68.8 Å². The van der Waals surface area contributed by atoms with Crippen LogP contribution in [0.2, 0.25) is 5.02 Å². The summed E-state index contributed by atoms with van der Waals surface area (Å²) in [6.07, 6.45) is 10.8. The molecule has 5 nitrogen and oxygen atoms in total. The Kier molecular flexibility index (Phi) is 7.20. The molecule has 164 valence electrons. The molecule has 2 aromatic rings. The second-order valence-electron chi connectivity index (χ2n) is 8.35. The van der Waals surface area contributed by atoms with E-state index in [4.69, 9.17) is 22.3 Å². The number of hydrogen-bond donors (Lipinski definition) is 3. The smallest absolute Gasteiger partial charge is 0.126 e. The van der Waals surface area contributed by atoms with Crippen molar-refractivity contribution in [1.29, 1.82) is 0 Å². The molecule has 2 aliphatic carbocycles. The Balaban J connectivity index is 1.44. The van der Waals surface area contributed by atoms with E-state index in [1.54, 1.807) is 6.20 Å². The molecule has 1 saturated carbocycles. The number of nitrogens with two attached hydrogens (primary N) is 1. The Morgan fingerprint density at radius 2 is 1.94 bits per heavy atom. The first kappa shape index (κ1) is 21.8. The fourth-order valence-corrected chi connectivity index (χ4v) is 4.36. The third-order valence-corrected chi connectivity index (χ3v) is 6.40. The Bertz CT molecular complexity index is 966. The molecule has 1 fully saturated rings. The molecule has 0 aromatic carbocycles. The summed E-state index contributed by atoms with van der Waals surface area (Å²) in [4.78, 5) is 9.20. The molecule has 0 amide bonds. The van der Waals surface area contributed by atoms with Crippen LogP contribution in [-0.4, -0.2) is 29.1 Å². The molecule has 2 heterocycles. The minimum absolute atomic E-state index is 0.0620. The second kappa shape index (κ2) is 10.2. The normalized spacial score (nSPS) is 21.3. The number of aromatic nitrogens is 2. The predicted molar refractivity (Wildman–Crippen MR) is 126 cm³/mol. The van der Waals surface area contributed by atoms with Crippen molar-refractivity contribution in [3.05, 3.63) is 59.0 Å². The number of halogens is 2. The van der Waals surface area contributed by atoms with E-state index in [2.05, 4.69) is 15.6 Å². The fourth-order valence-electron chi connectivity index (χ4n) is 4.16. The van der Waals surface area contributed by atoms with Gasteiger partial charge in [0, 0.05) is 30.8 Å². The van der Waals surface area contributed by atoms with Crippen LogP contribution in [0.1, 0.15) is 38.5 Å². The highest BCUT2D eigenvalue weighted by Crippen LogP contribution is 2.31. The molecule has 0 spiro atoms. The summed E-state index contributed by atoms with van der Waals surface area (Å²) in [6, 6.07) is 8.21. The van der Waals surface area contributed by atoms with Crippen molar-refractivity contribution in [3.63, 3.8) is 0 Å². The van der Waals surface area contributed by atoms with Gasteiger partial charge in [-0.3, -0.25) is 0 Å². The van der Waals surface area contributed by atoms with E-state index in [1.807, 2.05) is 30.3 Å². The van der Waals surface area contributed by atoms with Gasteiger partial charge >= 0.3 is 0 Å². The van der Waals surface area contributed by atoms with E-state index < -0.39 is 0 Å². The third-order valence-electron chi connectivity index (χ3n) is 6.09. The molecular formula is C24H29ClFN5. The Labute approximate surface area is 188 Å². The highest BCUT2D eigenvalue weighted by molar-refractivity contribution is 6.33. The Morgan fingerprint density at radius 1 is 1.10 bits per heavy atom. The van der Waals surface area contributed by atoms with Crippen molar-refractivity contribution >= 4 is 23.2 Å². The summed E-state index contributed by atoms with van der Waals surface area (Å²) in [5.41, 5.74) is 8.60. The summed E-state index contributed by atoms with van der Waals surface area (Å²) in [7, 11) is 0. The van der Waals surface area contributed by atoms with Gasteiger partial charge in [-0.25, -0.2) is 14.4 Å². The molecule has 4 N–H and O–H groups in total. The quantitative estimate of drug-likeness (QED) is 0.512. The van der Waals surface area contributed by atoms with Crippen LogP contribution in [0, 0.1) is 5.92 Å². The largest absolute Gasteiger partial charge is 0.367 e. The number of rotatable bonds is 7.